The molecule has 108 valence electrons. The molecule has 0 saturated heterocycles. The van der Waals surface area contributed by atoms with E-state index in [0.717, 1.165) is 5.56 Å². The maximum atomic E-state index is 12.5. The van der Waals surface area contributed by atoms with Crippen LogP contribution >= 0.6 is 23.2 Å². The van der Waals surface area contributed by atoms with Gasteiger partial charge in [-0.3, -0.25) is 4.79 Å². The van der Waals surface area contributed by atoms with Gasteiger partial charge in [-0.1, -0.05) is 35.3 Å². The molecule has 7 heteroatoms. The Labute approximate surface area is 124 Å². The molecule has 3 atom stereocenters. The minimum atomic E-state index is -1.50. The Hall–Kier alpha value is -1.33. The van der Waals surface area contributed by atoms with E-state index in [2.05, 4.69) is 5.32 Å². The van der Waals surface area contributed by atoms with Gasteiger partial charge in [0.25, 0.3) is 0 Å². The molecule has 0 heterocycles. The SMILES string of the molecule is O=C(O)C(CF)NC(=O)C1CC1c1cccc(Cl)c1Cl. The van der Waals surface area contributed by atoms with Crippen LogP contribution < -0.4 is 5.32 Å². The molecule has 1 aliphatic rings. The minimum absolute atomic E-state index is 0.102. The Kier molecular flexibility index (Phi) is 4.50. The number of hydrogen-bond donors (Lipinski definition) is 2. The smallest absolute Gasteiger partial charge is 0.328 e. The van der Waals surface area contributed by atoms with Crippen molar-refractivity contribution in [2.45, 2.75) is 18.4 Å². The fourth-order valence-electron chi connectivity index (χ4n) is 2.08. The molecule has 1 aliphatic carbocycles. The largest absolute Gasteiger partial charge is 0.480 e. The molecule has 1 amide bonds. The number of hydrogen-bond acceptors (Lipinski definition) is 2. The van der Waals surface area contributed by atoms with Crippen molar-refractivity contribution in [1.29, 1.82) is 0 Å². The zero-order valence-corrected chi connectivity index (χ0v) is 11.8. The summed E-state index contributed by atoms with van der Waals surface area (Å²) in [4.78, 5) is 22.5. The summed E-state index contributed by atoms with van der Waals surface area (Å²) in [5.41, 5.74) is 0.756. The molecular weight excluding hydrogens is 308 g/mol. The van der Waals surface area contributed by atoms with Crippen LogP contribution in [-0.4, -0.2) is 29.7 Å². The normalized spacial score (nSPS) is 22.1. The van der Waals surface area contributed by atoms with E-state index in [0.29, 0.717) is 16.5 Å². The fraction of sp³-hybridized carbons (Fsp3) is 0.385. The second kappa shape index (κ2) is 5.97. The third-order valence-electron chi connectivity index (χ3n) is 3.28. The monoisotopic (exact) mass is 319 g/mol. The van der Waals surface area contributed by atoms with Crippen LogP contribution in [0.2, 0.25) is 10.0 Å². The van der Waals surface area contributed by atoms with Gasteiger partial charge in [-0.25, -0.2) is 9.18 Å². The van der Waals surface area contributed by atoms with E-state index < -0.39 is 24.6 Å². The molecule has 0 bridgehead atoms. The average molecular weight is 320 g/mol. The second-order valence-electron chi connectivity index (χ2n) is 4.65. The van der Waals surface area contributed by atoms with Gasteiger partial charge < -0.3 is 10.4 Å². The third kappa shape index (κ3) is 3.04. The van der Waals surface area contributed by atoms with Gasteiger partial charge in [-0.05, 0) is 24.0 Å². The highest BCUT2D eigenvalue weighted by molar-refractivity contribution is 6.42. The second-order valence-corrected chi connectivity index (χ2v) is 5.43. The fourth-order valence-corrected chi connectivity index (χ4v) is 2.53. The highest BCUT2D eigenvalue weighted by Crippen LogP contribution is 2.50. The molecule has 1 fully saturated rings. The number of benzene rings is 1. The van der Waals surface area contributed by atoms with Gasteiger partial charge in [0.15, 0.2) is 6.04 Å². The summed E-state index contributed by atoms with van der Waals surface area (Å²) in [6, 6.07) is 3.65. The van der Waals surface area contributed by atoms with Crippen LogP contribution in [0.25, 0.3) is 0 Å². The molecular formula is C13H12Cl2FNO3. The predicted molar refractivity (Wildman–Crippen MR) is 72.9 cm³/mol. The Morgan fingerprint density at radius 2 is 2.15 bits per heavy atom. The Morgan fingerprint density at radius 1 is 1.45 bits per heavy atom. The van der Waals surface area contributed by atoms with Crippen LogP contribution in [0, 0.1) is 5.92 Å². The number of carbonyl (C=O) groups is 2. The first kappa shape index (κ1) is 15.1. The van der Waals surface area contributed by atoms with Crippen molar-refractivity contribution in [3.05, 3.63) is 33.8 Å². The summed E-state index contributed by atoms with van der Waals surface area (Å²) in [7, 11) is 0. The summed E-state index contributed by atoms with van der Waals surface area (Å²) in [6.45, 7) is -1.14. The van der Waals surface area contributed by atoms with E-state index in [4.69, 9.17) is 28.3 Å². The van der Waals surface area contributed by atoms with Crippen LogP contribution in [0.5, 0.6) is 0 Å². The number of aliphatic carboxylic acids is 1. The van der Waals surface area contributed by atoms with Crippen LogP contribution in [0.15, 0.2) is 18.2 Å². The van der Waals surface area contributed by atoms with E-state index in [9.17, 15) is 14.0 Å². The van der Waals surface area contributed by atoms with Gasteiger partial charge in [0, 0.05) is 5.92 Å². The lowest BCUT2D eigenvalue weighted by Gasteiger charge is -2.11. The first-order valence-corrected chi connectivity index (χ1v) is 6.74. The lowest BCUT2D eigenvalue weighted by Crippen LogP contribution is -2.43. The van der Waals surface area contributed by atoms with Crippen molar-refractivity contribution in [2.75, 3.05) is 6.67 Å². The van der Waals surface area contributed by atoms with Gasteiger partial charge in [-0.2, -0.15) is 0 Å². The summed E-state index contributed by atoms with van der Waals surface area (Å²) in [5, 5.41) is 11.7. The number of carboxylic acids is 1. The van der Waals surface area contributed by atoms with Crippen molar-refractivity contribution >= 4 is 35.1 Å². The summed E-state index contributed by atoms with van der Waals surface area (Å²) >= 11 is 12.0. The molecule has 0 spiro atoms. The highest BCUT2D eigenvalue weighted by atomic mass is 35.5. The first-order valence-electron chi connectivity index (χ1n) is 5.98. The van der Waals surface area contributed by atoms with Crippen molar-refractivity contribution in [1.82, 2.24) is 5.32 Å². The maximum Gasteiger partial charge on any atom is 0.328 e. The predicted octanol–water partition coefficient (Wildman–Crippen LogP) is 2.64. The molecule has 0 radical (unpaired) electrons. The molecule has 2 rings (SSSR count). The number of alkyl halides is 1. The Balaban J connectivity index is 2.02. The van der Waals surface area contributed by atoms with Gasteiger partial charge >= 0.3 is 5.97 Å². The average Bonchev–Trinajstić information content (AvgIpc) is 3.18. The van der Waals surface area contributed by atoms with Crippen LogP contribution in [0.3, 0.4) is 0 Å². The quantitative estimate of drug-likeness (QED) is 0.876. The van der Waals surface area contributed by atoms with E-state index in [1.165, 1.54) is 0 Å². The summed E-state index contributed by atoms with van der Waals surface area (Å²) < 4.78 is 12.5. The number of carbonyl (C=O) groups excluding carboxylic acids is 1. The van der Waals surface area contributed by atoms with Gasteiger partial charge in [0.05, 0.1) is 10.0 Å². The Morgan fingerprint density at radius 3 is 2.75 bits per heavy atom. The van der Waals surface area contributed by atoms with Crippen LogP contribution in [-0.2, 0) is 9.59 Å². The zero-order chi connectivity index (χ0) is 14.9. The molecule has 0 aromatic heterocycles. The summed E-state index contributed by atoms with van der Waals surface area (Å²) in [5.74, 6) is -2.36. The minimum Gasteiger partial charge on any atom is -0.480 e. The lowest BCUT2D eigenvalue weighted by atomic mass is 10.1. The maximum absolute atomic E-state index is 12.5. The molecule has 1 aromatic rings. The lowest BCUT2D eigenvalue weighted by molar-refractivity contribution is -0.142. The standard InChI is InChI=1S/C13H12Cl2FNO3/c14-9-3-1-2-6(11(9)15)7-4-8(7)12(18)17-10(5-16)13(19)20/h1-3,7-8,10H,4-5H2,(H,17,18)(H,19,20). The number of rotatable bonds is 5. The topological polar surface area (TPSA) is 66.4 Å². The third-order valence-corrected chi connectivity index (χ3v) is 4.11. The van der Waals surface area contributed by atoms with Crippen molar-refractivity contribution in [3.63, 3.8) is 0 Å². The molecule has 2 N–H and O–H groups in total. The van der Waals surface area contributed by atoms with Crippen molar-refractivity contribution in [3.8, 4) is 0 Å². The highest BCUT2D eigenvalue weighted by Gasteiger charge is 2.45. The van der Waals surface area contributed by atoms with E-state index >= 15 is 0 Å². The molecule has 4 nitrogen and oxygen atoms in total. The van der Waals surface area contributed by atoms with Gasteiger partial charge in [0.1, 0.15) is 6.67 Å². The first-order chi connectivity index (χ1) is 9.45. The van der Waals surface area contributed by atoms with Crippen molar-refractivity contribution in [2.24, 2.45) is 5.92 Å². The van der Waals surface area contributed by atoms with E-state index in [1.807, 2.05) is 0 Å². The molecule has 1 saturated carbocycles. The van der Waals surface area contributed by atoms with E-state index in [1.54, 1.807) is 18.2 Å². The number of carboxylic acid groups (broad SMARTS) is 1. The number of amides is 1. The number of nitrogens with one attached hydrogen (secondary N) is 1. The van der Waals surface area contributed by atoms with Crippen molar-refractivity contribution < 1.29 is 19.1 Å². The molecule has 3 unspecified atom stereocenters. The molecule has 20 heavy (non-hydrogen) atoms. The Bertz CT molecular complexity index is 552. The molecule has 1 aromatic carbocycles. The summed E-state index contributed by atoms with van der Waals surface area (Å²) in [6.07, 6.45) is 0.546. The molecule has 0 aliphatic heterocycles. The van der Waals surface area contributed by atoms with Gasteiger partial charge in [0.2, 0.25) is 5.91 Å². The van der Waals surface area contributed by atoms with Gasteiger partial charge in [-0.15, -0.1) is 0 Å². The van der Waals surface area contributed by atoms with E-state index in [-0.39, 0.29) is 11.8 Å². The number of halogens is 3. The zero-order valence-electron chi connectivity index (χ0n) is 10.3. The van der Waals surface area contributed by atoms with Crippen LogP contribution in [0.1, 0.15) is 17.9 Å². The van der Waals surface area contributed by atoms with Crippen LogP contribution in [0.4, 0.5) is 4.39 Å².